The zero-order valence-electron chi connectivity index (χ0n) is 10.9. The second kappa shape index (κ2) is 4.24. The largest absolute Gasteiger partial charge is 0.328 e. The van der Waals surface area contributed by atoms with Crippen LogP contribution < -0.4 is 16.3 Å². The topological polar surface area (TPSA) is 68.1 Å². The predicted octanol–water partition coefficient (Wildman–Crippen LogP) is 0.0349. The van der Waals surface area contributed by atoms with E-state index in [-0.39, 0.29) is 17.5 Å². The lowest BCUT2D eigenvalue weighted by molar-refractivity contribution is -0.121. The predicted molar refractivity (Wildman–Crippen MR) is 73.1 cm³/mol. The number of amides is 1. The number of carbonyl (C=O) groups is 1. The van der Waals surface area contributed by atoms with Crippen molar-refractivity contribution in [3.8, 4) is 0 Å². The van der Waals surface area contributed by atoms with E-state index in [9.17, 15) is 9.59 Å². The van der Waals surface area contributed by atoms with Gasteiger partial charge in [0.1, 0.15) is 0 Å². The van der Waals surface area contributed by atoms with Crippen LogP contribution in [0.3, 0.4) is 0 Å². The highest BCUT2D eigenvalue weighted by Gasteiger charge is 2.24. The normalized spacial score (nSPS) is 15.5. The smallest absolute Gasteiger partial charge is 0.326 e. The molecule has 0 bridgehead atoms. The van der Waals surface area contributed by atoms with Crippen molar-refractivity contribution in [2.45, 2.75) is 0 Å². The van der Waals surface area contributed by atoms with Crippen molar-refractivity contribution in [1.82, 2.24) is 14.5 Å². The van der Waals surface area contributed by atoms with E-state index in [2.05, 4.69) is 10.6 Å². The van der Waals surface area contributed by atoms with Crippen LogP contribution >= 0.6 is 0 Å². The van der Waals surface area contributed by atoms with Crippen molar-refractivity contribution >= 4 is 22.6 Å². The van der Waals surface area contributed by atoms with Gasteiger partial charge in [-0.25, -0.2) is 4.79 Å². The molecule has 0 spiro atoms. The van der Waals surface area contributed by atoms with Crippen LogP contribution in [0.1, 0.15) is 0 Å². The highest BCUT2D eigenvalue weighted by Crippen LogP contribution is 2.18. The molecule has 1 aliphatic rings. The van der Waals surface area contributed by atoms with Crippen molar-refractivity contribution in [3.05, 3.63) is 28.7 Å². The number of nitrogens with zero attached hydrogens (tertiary/aromatic N) is 2. The first-order chi connectivity index (χ1) is 9.08. The highest BCUT2D eigenvalue weighted by atomic mass is 16.2. The molecule has 0 saturated carbocycles. The molecule has 2 aromatic rings. The molecule has 1 saturated heterocycles. The van der Waals surface area contributed by atoms with Crippen LogP contribution in [-0.4, -0.2) is 28.1 Å². The van der Waals surface area contributed by atoms with E-state index < -0.39 is 0 Å². The van der Waals surface area contributed by atoms with Crippen molar-refractivity contribution in [1.29, 1.82) is 0 Å². The maximum atomic E-state index is 11.9. The second-order valence-corrected chi connectivity index (χ2v) is 4.95. The van der Waals surface area contributed by atoms with E-state index in [1.54, 1.807) is 23.2 Å². The summed E-state index contributed by atoms with van der Waals surface area (Å²) in [5, 5.41) is 5.96. The molecule has 1 aromatic carbocycles. The number of nitrogens with one attached hydrogen (secondary N) is 2. The van der Waals surface area contributed by atoms with E-state index in [1.165, 1.54) is 0 Å². The molecule has 0 aliphatic carbocycles. The van der Waals surface area contributed by atoms with Gasteiger partial charge in [0.15, 0.2) is 0 Å². The summed E-state index contributed by atoms with van der Waals surface area (Å²) in [7, 11) is 3.47. The summed E-state index contributed by atoms with van der Waals surface area (Å²) in [6.07, 6.45) is 0. The Balaban J connectivity index is 1.95. The molecule has 0 unspecified atom stereocenters. The molecule has 0 atom stereocenters. The molecule has 3 rings (SSSR count). The van der Waals surface area contributed by atoms with Gasteiger partial charge in [0, 0.05) is 32.9 Å². The van der Waals surface area contributed by atoms with Gasteiger partial charge in [0.05, 0.1) is 17.0 Å². The van der Waals surface area contributed by atoms with Crippen LogP contribution in [0.4, 0.5) is 5.69 Å². The molecule has 1 aromatic heterocycles. The third kappa shape index (κ3) is 1.84. The lowest BCUT2D eigenvalue weighted by Crippen LogP contribution is -2.48. The Labute approximate surface area is 110 Å². The quantitative estimate of drug-likeness (QED) is 0.801. The Morgan fingerprint density at radius 1 is 1.26 bits per heavy atom. The lowest BCUT2D eigenvalue weighted by Gasteiger charge is -2.25. The maximum Gasteiger partial charge on any atom is 0.328 e. The van der Waals surface area contributed by atoms with E-state index in [0.29, 0.717) is 0 Å². The molecule has 6 heteroatoms. The van der Waals surface area contributed by atoms with Crippen molar-refractivity contribution in [3.63, 3.8) is 0 Å². The van der Waals surface area contributed by atoms with E-state index in [1.807, 2.05) is 18.2 Å². The van der Waals surface area contributed by atoms with Gasteiger partial charge in [0.25, 0.3) is 0 Å². The third-order valence-corrected chi connectivity index (χ3v) is 3.69. The minimum Gasteiger partial charge on any atom is -0.326 e. The molecule has 2 heterocycles. The molecule has 1 amide bonds. The van der Waals surface area contributed by atoms with Gasteiger partial charge < -0.3 is 10.6 Å². The number of aromatic nitrogens is 2. The Hall–Kier alpha value is -2.08. The maximum absolute atomic E-state index is 11.9. The summed E-state index contributed by atoms with van der Waals surface area (Å²) < 4.78 is 3.17. The standard InChI is InChI=1S/C13H16N4O2/c1-16-10-4-3-9(5-11(10)17(2)13(16)19)15-12(18)8-6-14-7-8/h3-5,8,14H,6-7H2,1-2H3,(H,15,18). The van der Waals surface area contributed by atoms with Gasteiger partial charge in [-0.1, -0.05) is 0 Å². The number of rotatable bonds is 2. The zero-order chi connectivity index (χ0) is 13.6. The molecule has 1 aliphatic heterocycles. The summed E-state index contributed by atoms with van der Waals surface area (Å²) in [6, 6.07) is 5.51. The average molecular weight is 260 g/mol. The summed E-state index contributed by atoms with van der Waals surface area (Å²) in [5.74, 6) is 0.0781. The van der Waals surface area contributed by atoms with Gasteiger partial charge in [-0.3, -0.25) is 13.9 Å². The van der Waals surface area contributed by atoms with Crippen LogP contribution in [0.5, 0.6) is 0 Å². The van der Waals surface area contributed by atoms with Gasteiger partial charge in [0.2, 0.25) is 5.91 Å². The lowest BCUT2D eigenvalue weighted by atomic mass is 10.0. The average Bonchev–Trinajstić information content (AvgIpc) is 2.52. The van der Waals surface area contributed by atoms with Gasteiger partial charge in [-0.2, -0.15) is 0 Å². The first kappa shape index (κ1) is 12.0. The molecule has 1 fully saturated rings. The first-order valence-electron chi connectivity index (χ1n) is 6.25. The Kier molecular flexibility index (Phi) is 2.67. The first-order valence-corrected chi connectivity index (χ1v) is 6.25. The minimum atomic E-state index is -0.0679. The summed E-state index contributed by atoms with van der Waals surface area (Å²) in [6.45, 7) is 1.47. The van der Waals surface area contributed by atoms with Crippen LogP contribution in [-0.2, 0) is 18.9 Å². The number of benzene rings is 1. The number of carbonyl (C=O) groups excluding carboxylic acids is 1. The fourth-order valence-corrected chi connectivity index (χ4v) is 2.30. The van der Waals surface area contributed by atoms with Crippen LogP contribution in [0.2, 0.25) is 0 Å². The SMILES string of the molecule is Cn1c(=O)n(C)c2cc(NC(=O)C3CNC3)ccc21. The van der Waals surface area contributed by atoms with Gasteiger partial charge >= 0.3 is 5.69 Å². The van der Waals surface area contributed by atoms with Crippen molar-refractivity contribution in [2.75, 3.05) is 18.4 Å². The summed E-state index contributed by atoms with van der Waals surface area (Å²) in [5.41, 5.74) is 2.33. The fraction of sp³-hybridized carbons (Fsp3) is 0.385. The van der Waals surface area contributed by atoms with Gasteiger partial charge in [-0.15, -0.1) is 0 Å². The number of hydrogen-bond donors (Lipinski definition) is 2. The highest BCUT2D eigenvalue weighted by molar-refractivity contribution is 5.95. The van der Waals surface area contributed by atoms with Crippen molar-refractivity contribution < 1.29 is 4.79 Å². The number of hydrogen-bond acceptors (Lipinski definition) is 3. The number of anilines is 1. The number of fused-ring (bicyclic) bond motifs is 1. The van der Waals surface area contributed by atoms with E-state index >= 15 is 0 Å². The Bertz CT molecular complexity index is 709. The zero-order valence-corrected chi connectivity index (χ0v) is 10.9. The Morgan fingerprint density at radius 2 is 1.95 bits per heavy atom. The molecule has 6 nitrogen and oxygen atoms in total. The summed E-state index contributed by atoms with van der Waals surface area (Å²) >= 11 is 0. The molecule has 19 heavy (non-hydrogen) atoms. The number of imidazole rings is 1. The monoisotopic (exact) mass is 260 g/mol. The molecule has 0 radical (unpaired) electrons. The Morgan fingerprint density at radius 3 is 2.58 bits per heavy atom. The molecular formula is C13H16N4O2. The van der Waals surface area contributed by atoms with E-state index in [4.69, 9.17) is 0 Å². The molecule has 100 valence electrons. The summed E-state index contributed by atoms with van der Waals surface area (Å²) in [4.78, 5) is 23.7. The second-order valence-electron chi connectivity index (χ2n) is 4.95. The third-order valence-electron chi connectivity index (χ3n) is 3.69. The van der Waals surface area contributed by atoms with E-state index in [0.717, 1.165) is 29.8 Å². The van der Waals surface area contributed by atoms with Crippen molar-refractivity contribution in [2.24, 2.45) is 20.0 Å². The van der Waals surface area contributed by atoms with Crippen LogP contribution in [0, 0.1) is 5.92 Å². The van der Waals surface area contributed by atoms with Gasteiger partial charge in [-0.05, 0) is 18.2 Å². The number of aryl methyl sites for hydroxylation is 2. The molecule has 2 N–H and O–H groups in total. The van der Waals surface area contributed by atoms with Crippen LogP contribution in [0.15, 0.2) is 23.0 Å². The van der Waals surface area contributed by atoms with Crippen LogP contribution in [0.25, 0.3) is 11.0 Å². The fourth-order valence-electron chi connectivity index (χ4n) is 2.30. The minimum absolute atomic E-state index is 0.0269. The molecular weight excluding hydrogens is 244 g/mol.